The Morgan fingerprint density at radius 1 is 0.720 bits per heavy atom. The topological polar surface area (TPSA) is 65.6 Å². The van der Waals surface area contributed by atoms with E-state index in [4.69, 9.17) is 0 Å². The molecule has 0 atom stereocenters. The number of H-pyrrole nitrogens is 1. The summed E-state index contributed by atoms with van der Waals surface area (Å²) in [6.45, 7) is 1.73. The van der Waals surface area contributed by atoms with Crippen molar-refractivity contribution in [2.75, 3.05) is 23.7 Å². The Morgan fingerprint density at radius 2 is 1.28 bits per heavy atom. The molecule has 0 amide bonds. The molecule has 0 bridgehead atoms. The lowest BCUT2D eigenvalue weighted by atomic mass is 10.1. The molecule has 3 aromatic rings. The maximum Gasteiger partial charge on any atom is 0.243 e. The molecule has 5 heteroatoms. The summed E-state index contributed by atoms with van der Waals surface area (Å²) in [7, 11) is 0. The smallest absolute Gasteiger partial charge is 0.243 e. The van der Waals surface area contributed by atoms with Crippen LogP contribution >= 0.6 is 0 Å². The molecule has 0 saturated carbocycles. The summed E-state index contributed by atoms with van der Waals surface area (Å²) < 4.78 is 0. The Morgan fingerprint density at radius 3 is 1.88 bits per heavy atom. The Kier molecular flexibility index (Phi) is 6.45. The van der Waals surface area contributed by atoms with Crippen LogP contribution in [-0.4, -0.2) is 28.3 Å². The van der Waals surface area contributed by atoms with Gasteiger partial charge in [0.05, 0.1) is 0 Å². The first kappa shape index (κ1) is 17.0. The molecule has 5 nitrogen and oxygen atoms in total. The van der Waals surface area contributed by atoms with Crippen LogP contribution in [0.5, 0.6) is 0 Å². The molecule has 3 rings (SSSR count). The number of aryl methyl sites for hydroxylation is 2. The van der Waals surface area contributed by atoms with Crippen molar-refractivity contribution in [1.82, 2.24) is 15.2 Å². The summed E-state index contributed by atoms with van der Waals surface area (Å²) in [4.78, 5) is 4.41. The first-order valence-electron chi connectivity index (χ1n) is 8.88. The number of nitrogens with zero attached hydrogens (tertiary/aromatic N) is 2. The third-order valence-electron chi connectivity index (χ3n) is 4.03. The van der Waals surface area contributed by atoms with Crippen LogP contribution in [0, 0.1) is 0 Å². The zero-order valence-electron chi connectivity index (χ0n) is 14.4. The third-order valence-corrected chi connectivity index (χ3v) is 4.03. The highest BCUT2D eigenvalue weighted by atomic mass is 15.3. The molecule has 0 spiro atoms. The predicted octanol–water partition coefficient (Wildman–Crippen LogP) is 3.89. The highest BCUT2D eigenvalue weighted by molar-refractivity contribution is 5.33. The van der Waals surface area contributed by atoms with Crippen molar-refractivity contribution < 1.29 is 0 Å². The maximum atomic E-state index is 4.41. The summed E-state index contributed by atoms with van der Waals surface area (Å²) >= 11 is 0. The average Bonchev–Trinajstić information content (AvgIpc) is 3.12. The van der Waals surface area contributed by atoms with Gasteiger partial charge in [-0.15, -0.1) is 5.10 Å². The molecule has 0 aliphatic heterocycles. The maximum absolute atomic E-state index is 4.41. The Labute approximate surface area is 148 Å². The second-order valence-electron chi connectivity index (χ2n) is 6.04. The van der Waals surface area contributed by atoms with E-state index in [9.17, 15) is 0 Å². The second-order valence-corrected chi connectivity index (χ2v) is 6.04. The fourth-order valence-corrected chi connectivity index (χ4v) is 2.70. The number of nitrogens with one attached hydrogen (secondary N) is 3. The Bertz CT molecular complexity index is 662. The molecule has 0 aliphatic rings. The summed E-state index contributed by atoms with van der Waals surface area (Å²) in [6, 6.07) is 21.0. The van der Waals surface area contributed by atoms with Gasteiger partial charge in [0.1, 0.15) is 0 Å². The lowest BCUT2D eigenvalue weighted by Crippen LogP contribution is -2.05. The van der Waals surface area contributed by atoms with Crippen LogP contribution in [0.4, 0.5) is 11.9 Å². The molecule has 3 N–H and O–H groups in total. The predicted molar refractivity (Wildman–Crippen MR) is 103 cm³/mol. The van der Waals surface area contributed by atoms with Crippen molar-refractivity contribution >= 4 is 11.9 Å². The Balaban J connectivity index is 1.30. The minimum Gasteiger partial charge on any atom is -0.355 e. The van der Waals surface area contributed by atoms with E-state index >= 15 is 0 Å². The first-order chi connectivity index (χ1) is 12.4. The van der Waals surface area contributed by atoms with Crippen LogP contribution in [0.1, 0.15) is 24.0 Å². The fourth-order valence-electron chi connectivity index (χ4n) is 2.70. The molecule has 1 aromatic heterocycles. The van der Waals surface area contributed by atoms with Gasteiger partial charge in [0.15, 0.2) is 0 Å². The van der Waals surface area contributed by atoms with Crippen molar-refractivity contribution in [2.24, 2.45) is 0 Å². The zero-order valence-corrected chi connectivity index (χ0v) is 14.4. The van der Waals surface area contributed by atoms with Gasteiger partial charge in [-0.1, -0.05) is 60.7 Å². The van der Waals surface area contributed by atoms with Crippen molar-refractivity contribution in [3.8, 4) is 0 Å². The zero-order chi connectivity index (χ0) is 17.2. The van der Waals surface area contributed by atoms with E-state index in [2.05, 4.69) is 74.3 Å². The van der Waals surface area contributed by atoms with Gasteiger partial charge in [-0.25, -0.2) is 5.10 Å². The van der Waals surface area contributed by atoms with E-state index < -0.39 is 0 Å². The molecule has 1 heterocycles. The molecule has 0 saturated heterocycles. The van der Waals surface area contributed by atoms with E-state index in [1.165, 1.54) is 11.1 Å². The van der Waals surface area contributed by atoms with Gasteiger partial charge in [-0.05, 0) is 36.8 Å². The van der Waals surface area contributed by atoms with Crippen molar-refractivity contribution in [3.63, 3.8) is 0 Å². The Hall–Kier alpha value is -2.82. The minimum atomic E-state index is 0.652. The van der Waals surface area contributed by atoms with Gasteiger partial charge < -0.3 is 10.6 Å². The van der Waals surface area contributed by atoms with E-state index in [-0.39, 0.29) is 0 Å². The summed E-state index contributed by atoms with van der Waals surface area (Å²) in [5, 5.41) is 13.7. The highest BCUT2D eigenvalue weighted by Crippen LogP contribution is 2.07. The van der Waals surface area contributed by atoms with E-state index in [1.807, 2.05) is 12.1 Å². The number of anilines is 2. The van der Waals surface area contributed by atoms with Crippen LogP contribution in [0.15, 0.2) is 60.7 Å². The van der Waals surface area contributed by atoms with Crippen LogP contribution in [0.2, 0.25) is 0 Å². The number of benzene rings is 2. The molecule has 0 radical (unpaired) electrons. The van der Waals surface area contributed by atoms with Crippen LogP contribution < -0.4 is 10.6 Å². The highest BCUT2D eigenvalue weighted by Gasteiger charge is 2.02. The minimum absolute atomic E-state index is 0.652. The van der Waals surface area contributed by atoms with E-state index in [0.717, 1.165) is 44.7 Å². The lowest BCUT2D eigenvalue weighted by Gasteiger charge is -2.03. The average molecular weight is 335 g/mol. The SMILES string of the molecule is c1ccc(CCCNc2n[nH]c(NCCCc3ccccc3)n2)cc1. The largest absolute Gasteiger partial charge is 0.355 e. The summed E-state index contributed by atoms with van der Waals surface area (Å²) in [5.74, 6) is 1.37. The van der Waals surface area contributed by atoms with E-state index in [1.54, 1.807) is 0 Å². The van der Waals surface area contributed by atoms with Gasteiger partial charge >= 0.3 is 0 Å². The molecule has 0 unspecified atom stereocenters. The van der Waals surface area contributed by atoms with Crippen molar-refractivity contribution in [1.29, 1.82) is 0 Å². The number of hydrogen-bond acceptors (Lipinski definition) is 4. The first-order valence-corrected chi connectivity index (χ1v) is 8.88. The van der Waals surface area contributed by atoms with Gasteiger partial charge in [0, 0.05) is 13.1 Å². The standard InChI is InChI=1S/C20H25N5/c1-3-9-17(10-4-1)13-7-15-21-19-23-20(25-24-19)22-16-8-14-18-11-5-2-6-12-18/h1-6,9-12H,7-8,13-16H2,(H3,21,22,23,24,25). The van der Waals surface area contributed by atoms with Gasteiger partial charge in [-0.2, -0.15) is 4.98 Å². The molecule has 130 valence electrons. The molecule has 0 fully saturated rings. The number of aromatic nitrogens is 3. The van der Waals surface area contributed by atoms with Crippen LogP contribution in [0.3, 0.4) is 0 Å². The van der Waals surface area contributed by atoms with E-state index in [0.29, 0.717) is 5.95 Å². The second kappa shape index (κ2) is 9.47. The lowest BCUT2D eigenvalue weighted by molar-refractivity contribution is 0.853. The quantitative estimate of drug-likeness (QED) is 0.492. The third kappa shape index (κ3) is 5.95. The molecule has 2 aromatic carbocycles. The summed E-state index contributed by atoms with van der Waals surface area (Å²) in [6.07, 6.45) is 4.23. The summed E-state index contributed by atoms with van der Waals surface area (Å²) in [5.41, 5.74) is 2.72. The normalized spacial score (nSPS) is 10.6. The van der Waals surface area contributed by atoms with Gasteiger partial charge in [0.2, 0.25) is 11.9 Å². The fraction of sp³-hybridized carbons (Fsp3) is 0.300. The number of hydrogen-bond donors (Lipinski definition) is 3. The van der Waals surface area contributed by atoms with Gasteiger partial charge in [0.25, 0.3) is 0 Å². The van der Waals surface area contributed by atoms with Crippen molar-refractivity contribution in [2.45, 2.75) is 25.7 Å². The monoisotopic (exact) mass is 335 g/mol. The molecular weight excluding hydrogens is 310 g/mol. The molecule has 0 aliphatic carbocycles. The number of aromatic amines is 1. The number of rotatable bonds is 10. The molecular formula is C20H25N5. The van der Waals surface area contributed by atoms with Crippen LogP contribution in [0.25, 0.3) is 0 Å². The van der Waals surface area contributed by atoms with Crippen molar-refractivity contribution in [3.05, 3.63) is 71.8 Å². The molecule has 25 heavy (non-hydrogen) atoms. The van der Waals surface area contributed by atoms with Crippen LogP contribution in [-0.2, 0) is 12.8 Å². The van der Waals surface area contributed by atoms with Gasteiger partial charge in [-0.3, -0.25) is 0 Å².